The molecule has 0 atom stereocenters. The maximum Gasteiger partial charge on any atom is 0.330 e. The standard InChI is InChI=1S/C5H3ClIN3O2/c6-5-4(10(11)12)3(8)2(7)1-9-5/h1H,(H2,8,9). The van der Waals surface area contributed by atoms with E-state index in [0.29, 0.717) is 3.57 Å². The molecule has 1 heterocycles. The van der Waals surface area contributed by atoms with Gasteiger partial charge in [-0.2, -0.15) is 0 Å². The first-order valence-electron chi connectivity index (χ1n) is 2.78. The number of aromatic nitrogens is 1. The van der Waals surface area contributed by atoms with Crippen LogP contribution in [0, 0.1) is 13.7 Å². The lowest BCUT2D eigenvalue weighted by molar-refractivity contribution is -0.384. The number of rotatable bonds is 1. The number of nitro groups is 1. The van der Waals surface area contributed by atoms with Crippen LogP contribution in [-0.2, 0) is 0 Å². The molecular formula is C5H3ClIN3O2. The lowest BCUT2D eigenvalue weighted by atomic mass is 10.4. The van der Waals surface area contributed by atoms with Crippen molar-refractivity contribution in [2.24, 2.45) is 0 Å². The van der Waals surface area contributed by atoms with Crippen LogP contribution in [-0.4, -0.2) is 9.91 Å². The van der Waals surface area contributed by atoms with Crippen LogP contribution < -0.4 is 5.73 Å². The smallest absolute Gasteiger partial charge is 0.330 e. The minimum absolute atomic E-state index is 0.0561. The summed E-state index contributed by atoms with van der Waals surface area (Å²) in [6.45, 7) is 0. The highest BCUT2D eigenvalue weighted by Gasteiger charge is 2.20. The van der Waals surface area contributed by atoms with E-state index in [4.69, 9.17) is 17.3 Å². The first kappa shape index (κ1) is 9.46. The molecule has 0 unspecified atom stereocenters. The number of hydrogen-bond donors (Lipinski definition) is 1. The average Bonchev–Trinajstić information content (AvgIpc) is 1.97. The number of nitrogens with zero attached hydrogens (tertiary/aromatic N) is 2. The van der Waals surface area contributed by atoms with Gasteiger partial charge in [-0.15, -0.1) is 0 Å². The van der Waals surface area contributed by atoms with Crippen LogP contribution in [0.3, 0.4) is 0 Å². The Hall–Kier alpha value is -0.630. The second-order valence-electron chi connectivity index (χ2n) is 1.92. The highest BCUT2D eigenvalue weighted by atomic mass is 127. The summed E-state index contributed by atoms with van der Waals surface area (Å²) in [5.41, 5.74) is 5.14. The van der Waals surface area contributed by atoms with E-state index in [-0.39, 0.29) is 16.5 Å². The molecular weight excluding hydrogens is 296 g/mol. The van der Waals surface area contributed by atoms with Gasteiger partial charge in [0.05, 0.1) is 8.49 Å². The Labute approximate surface area is 86.2 Å². The van der Waals surface area contributed by atoms with Crippen LogP contribution >= 0.6 is 34.2 Å². The molecule has 0 aromatic carbocycles. The van der Waals surface area contributed by atoms with Crippen molar-refractivity contribution < 1.29 is 4.92 Å². The molecule has 0 aliphatic heterocycles. The fourth-order valence-corrected chi connectivity index (χ4v) is 1.26. The van der Waals surface area contributed by atoms with Crippen molar-refractivity contribution in [2.75, 3.05) is 5.73 Å². The molecule has 0 amide bonds. The van der Waals surface area contributed by atoms with E-state index < -0.39 is 4.92 Å². The Balaban J connectivity index is 3.43. The molecule has 12 heavy (non-hydrogen) atoms. The number of nitrogens with two attached hydrogens (primary N) is 1. The molecule has 0 saturated heterocycles. The van der Waals surface area contributed by atoms with Crippen LogP contribution in [0.25, 0.3) is 0 Å². The van der Waals surface area contributed by atoms with Crippen molar-refractivity contribution in [1.29, 1.82) is 0 Å². The molecule has 0 saturated carbocycles. The number of halogens is 2. The number of pyridine rings is 1. The van der Waals surface area contributed by atoms with Gasteiger partial charge in [0, 0.05) is 6.20 Å². The molecule has 5 nitrogen and oxygen atoms in total. The molecule has 1 aromatic rings. The van der Waals surface area contributed by atoms with Crippen molar-refractivity contribution in [3.63, 3.8) is 0 Å². The van der Waals surface area contributed by atoms with Crippen molar-refractivity contribution in [3.05, 3.63) is 25.0 Å². The molecule has 0 aliphatic rings. The quantitative estimate of drug-likeness (QED) is 0.371. The topological polar surface area (TPSA) is 82.0 Å². The molecule has 7 heteroatoms. The second kappa shape index (κ2) is 3.40. The van der Waals surface area contributed by atoms with E-state index in [0.717, 1.165) is 0 Å². The largest absolute Gasteiger partial charge is 0.392 e. The van der Waals surface area contributed by atoms with Gasteiger partial charge < -0.3 is 5.73 Å². The van der Waals surface area contributed by atoms with Gasteiger partial charge in [-0.05, 0) is 22.6 Å². The van der Waals surface area contributed by atoms with Crippen LogP contribution in [0.15, 0.2) is 6.20 Å². The summed E-state index contributed by atoms with van der Waals surface area (Å²) in [5, 5.41) is 10.2. The second-order valence-corrected chi connectivity index (χ2v) is 3.44. The molecule has 1 rings (SSSR count). The average molecular weight is 299 g/mol. The molecule has 64 valence electrons. The van der Waals surface area contributed by atoms with E-state index >= 15 is 0 Å². The van der Waals surface area contributed by atoms with Gasteiger partial charge in [0.15, 0.2) is 0 Å². The highest BCUT2D eigenvalue weighted by molar-refractivity contribution is 14.1. The fraction of sp³-hybridized carbons (Fsp3) is 0. The zero-order valence-corrected chi connectivity index (χ0v) is 8.53. The molecule has 0 spiro atoms. The lowest BCUT2D eigenvalue weighted by Gasteiger charge is -1.99. The monoisotopic (exact) mass is 299 g/mol. The van der Waals surface area contributed by atoms with Gasteiger partial charge in [-0.3, -0.25) is 10.1 Å². The maximum atomic E-state index is 10.4. The number of anilines is 1. The van der Waals surface area contributed by atoms with Gasteiger partial charge in [0.25, 0.3) is 0 Å². The van der Waals surface area contributed by atoms with Gasteiger partial charge in [-0.1, -0.05) is 11.6 Å². The van der Waals surface area contributed by atoms with E-state index in [9.17, 15) is 10.1 Å². The van der Waals surface area contributed by atoms with E-state index in [1.54, 1.807) is 0 Å². The Morgan fingerprint density at radius 1 is 1.75 bits per heavy atom. The predicted octanol–water partition coefficient (Wildman–Crippen LogP) is 1.83. The molecule has 0 fully saturated rings. The van der Waals surface area contributed by atoms with E-state index in [1.165, 1.54) is 6.20 Å². The summed E-state index contributed by atoms with van der Waals surface area (Å²) < 4.78 is 0.517. The molecule has 0 radical (unpaired) electrons. The minimum Gasteiger partial charge on any atom is -0.392 e. The number of nitrogen functional groups attached to an aromatic ring is 1. The van der Waals surface area contributed by atoms with Crippen molar-refractivity contribution >= 4 is 45.6 Å². The zero-order valence-electron chi connectivity index (χ0n) is 5.62. The summed E-state index contributed by atoms with van der Waals surface area (Å²) in [6.07, 6.45) is 1.38. The highest BCUT2D eigenvalue weighted by Crippen LogP contribution is 2.31. The van der Waals surface area contributed by atoms with Crippen LogP contribution in [0.5, 0.6) is 0 Å². The lowest BCUT2D eigenvalue weighted by Crippen LogP contribution is -2.00. The Bertz CT molecular complexity index is 344. The van der Waals surface area contributed by atoms with Gasteiger partial charge in [-0.25, -0.2) is 4.98 Å². The minimum atomic E-state index is -0.646. The third kappa shape index (κ3) is 1.58. The summed E-state index contributed by atoms with van der Waals surface area (Å²) >= 11 is 7.31. The van der Waals surface area contributed by atoms with Crippen molar-refractivity contribution in [1.82, 2.24) is 4.98 Å². The summed E-state index contributed by atoms with van der Waals surface area (Å²) in [4.78, 5) is 13.3. The summed E-state index contributed by atoms with van der Waals surface area (Å²) in [6, 6.07) is 0. The summed E-state index contributed by atoms with van der Waals surface area (Å²) in [5.74, 6) is 0. The van der Waals surface area contributed by atoms with Gasteiger partial charge in [0.2, 0.25) is 5.15 Å². The third-order valence-electron chi connectivity index (χ3n) is 1.18. The van der Waals surface area contributed by atoms with Crippen molar-refractivity contribution in [3.8, 4) is 0 Å². The number of hydrogen-bond acceptors (Lipinski definition) is 4. The third-order valence-corrected chi connectivity index (χ3v) is 2.32. The van der Waals surface area contributed by atoms with Gasteiger partial charge >= 0.3 is 5.69 Å². The van der Waals surface area contributed by atoms with Crippen LogP contribution in [0.2, 0.25) is 5.15 Å². The molecule has 0 bridgehead atoms. The van der Waals surface area contributed by atoms with E-state index in [2.05, 4.69) is 4.98 Å². The molecule has 0 aliphatic carbocycles. The van der Waals surface area contributed by atoms with Gasteiger partial charge in [0.1, 0.15) is 5.69 Å². The van der Waals surface area contributed by atoms with Crippen LogP contribution in [0.1, 0.15) is 0 Å². The Morgan fingerprint density at radius 3 is 2.75 bits per heavy atom. The first-order valence-corrected chi connectivity index (χ1v) is 4.23. The zero-order chi connectivity index (χ0) is 9.30. The molecule has 2 N–H and O–H groups in total. The SMILES string of the molecule is Nc1c(I)cnc(Cl)c1[N+](=O)[O-]. The maximum absolute atomic E-state index is 10.4. The Morgan fingerprint density at radius 2 is 2.33 bits per heavy atom. The summed E-state index contributed by atoms with van der Waals surface area (Å²) in [7, 11) is 0. The van der Waals surface area contributed by atoms with Crippen LogP contribution in [0.4, 0.5) is 11.4 Å². The van der Waals surface area contributed by atoms with Crippen molar-refractivity contribution in [2.45, 2.75) is 0 Å². The molecule has 1 aromatic heterocycles. The Kier molecular flexibility index (Phi) is 2.68. The predicted molar refractivity (Wildman–Crippen MR) is 53.0 cm³/mol. The van der Waals surface area contributed by atoms with E-state index in [1.807, 2.05) is 22.6 Å². The normalized spacial score (nSPS) is 9.83. The fourth-order valence-electron chi connectivity index (χ4n) is 0.642. The first-order chi connectivity index (χ1) is 5.54.